The maximum Gasteiger partial charge on any atom is 0.306 e. The van der Waals surface area contributed by atoms with Gasteiger partial charge in [-0.25, -0.2) is 4.98 Å². The number of thiophene rings is 1. The molecule has 0 saturated heterocycles. The van der Waals surface area contributed by atoms with Crippen LogP contribution in [0.25, 0.3) is 10.2 Å². The highest BCUT2D eigenvalue weighted by Gasteiger charge is 2.26. The van der Waals surface area contributed by atoms with Crippen LogP contribution in [0.4, 0.5) is 0 Å². The molecule has 0 aliphatic heterocycles. The van der Waals surface area contributed by atoms with E-state index in [0.717, 1.165) is 19.3 Å². The molecule has 2 aromatic heterocycles. The van der Waals surface area contributed by atoms with Crippen molar-refractivity contribution < 1.29 is 9.90 Å². The minimum Gasteiger partial charge on any atom is -0.481 e. The monoisotopic (exact) mass is 307 g/mol. The molecule has 21 heavy (non-hydrogen) atoms. The third-order valence-corrected chi connectivity index (χ3v) is 4.85. The first-order valence-corrected chi connectivity index (χ1v) is 7.94. The van der Waals surface area contributed by atoms with Gasteiger partial charge < -0.3 is 15.4 Å². The fourth-order valence-corrected chi connectivity index (χ4v) is 3.57. The van der Waals surface area contributed by atoms with Gasteiger partial charge >= 0.3 is 5.97 Å². The number of carbonyl (C=O) groups is 1. The predicted octanol–water partition coefficient (Wildman–Crippen LogP) is 1.72. The Morgan fingerprint density at radius 2 is 2.38 bits per heavy atom. The zero-order valence-electron chi connectivity index (χ0n) is 11.5. The molecule has 1 aliphatic carbocycles. The largest absolute Gasteiger partial charge is 0.481 e. The fourth-order valence-electron chi connectivity index (χ4n) is 2.85. The van der Waals surface area contributed by atoms with Crippen LogP contribution in [-0.2, 0) is 11.3 Å². The average molecular weight is 307 g/mol. The summed E-state index contributed by atoms with van der Waals surface area (Å²) in [7, 11) is 0. The number of aromatic nitrogens is 2. The van der Waals surface area contributed by atoms with Crippen molar-refractivity contribution in [1.82, 2.24) is 15.3 Å². The fraction of sp³-hybridized carbons (Fsp3) is 0.500. The average Bonchev–Trinajstić information content (AvgIpc) is 2.94. The number of rotatable bonds is 4. The number of carboxylic acids is 1. The van der Waals surface area contributed by atoms with E-state index in [1.165, 1.54) is 11.3 Å². The number of carboxylic acid groups (broad SMARTS) is 1. The number of aromatic amines is 1. The zero-order chi connectivity index (χ0) is 14.8. The molecule has 0 amide bonds. The lowest BCUT2D eigenvalue weighted by Gasteiger charge is -2.27. The van der Waals surface area contributed by atoms with Gasteiger partial charge in [0.1, 0.15) is 10.5 Å². The van der Waals surface area contributed by atoms with Gasteiger partial charge in [-0.05, 0) is 30.7 Å². The maximum absolute atomic E-state index is 11.9. The van der Waals surface area contributed by atoms with E-state index < -0.39 is 5.97 Å². The Morgan fingerprint density at radius 1 is 1.52 bits per heavy atom. The van der Waals surface area contributed by atoms with Crippen molar-refractivity contribution in [3.05, 3.63) is 27.6 Å². The minimum atomic E-state index is -0.715. The summed E-state index contributed by atoms with van der Waals surface area (Å²) in [5.41, 5.74) is 0.603. The molecule has 0 spiro atoms. The van der Waals surface area contributed by atoms with Crippen LogP contribution >= 0.6 is 11.3 Å². The minimum absolute atomic E-state index is 0.112. The van der Waals surface area contributed by atoms with Crippen molar-refractivity contribution in [3.8, 4) is 0 Å². The van der Waals surface area contributed by atoms with Crippen molar-refractivity contribution in [2.75, 3.05) is 0 Å². The molecule has 1 aliphatic rings. The van der Waals surface area contributed by atoms with Gasteiger partial charge in [-0.2, -0.15) is 0 Å². The van der Waals surface area contributed by atoms with Crippen molar-refractivity contribution in [1.29, 1.82) is 0 Å². The van der Waals surface area contributed by atoms with E-state index in [9.17, 15) is 9.59 Å². The topological polar surface area (TPSA) is 95.1 Å². The number of nitrogens with zero attached hydrogens (tertiary/aromatic N) is 1. The number of aliphatic carboxylic acids is 1. The van der Waals surface area contributed by atoms with Crippen molar-refractivity contribution in [3.63, 3.8) is 0 Å². The van der Waals surface area contributed by atoms with Crippen molar-refractivity contribution in [2.45, 2.75) is 38.3 Å². The lowest BCUT2D eigenvalue weighted by molar-refractivity contribution is -0.143. The van der Waals surface area contributed by atoms with Crippen LogP contribution in [0.5, 0.6) is 0 Å². The lowest BCUT2D eigenvalue weighted by atomic mass is 9.86. The van der Waals surface area contributed by atoms with Gasteiger partial charge in [0.25, 0.3) is 5.56 Å². The summed E-state index contributed by atoms with van der Waals surface area (Å²) in [5.74, 6) is -0.376. The smallest absolute Gasteiger partial charge is 0.306 e. The normalized spacial score (nSPS) is 22.5. The first kappa shape index (κ1) is 14.2. The summed E-state index contributed by atoms with van der Waals surface area (Å²) < 4.78 is 0.641. The third kappa shape index (κ3) is 3.14. The second-order valence-electron chi connectivity index (χ2n) is 5.43. The summed E-state index contributed by atoms with van der Waals surface area (Å²) in [6.45, 7) is 0.456. The Balaban J connectivity index is 1.66. The standard InChI is InChI=1S/C14H17N3O3S/c18-13-12-10(4-5-21-12)16-11(17-13)7-15-9-3-1-2-8(6-9)14(19)20/h4-5,8-9,15H,1-3,6-7H2,(H,19,20)(H,16,17,18). The number of nitrogens with one attached hydrogen (secondary N) is 2. The van der Waals surface area contributed by atoms with Crippen LogP contribution in [0.2, 0.25) is 0 Å². The van der Waals surface area contributed by atoms with E-state index in [-0.39, 0.29) is 17.5 Å². The highest BCUT2D eigenvalue weighted by atomic mass is 32.1. The maximum atomic E-state index is 11.9. The van der Waals surface area contributed by atoms with Crippen molar-refractivity contribution >= 4 is 27.5 Å². The van der Waals surface area contributed by atoms with Crippen LogP contribution in [0.15, 0.2) is 16.2 Å². The molecular weight excluding hydrogens is 290 g/mol. The predicted molar refractivity (Wildman–Crippen MR) is 80.5 cm³/mol. The first-order chi connectivity index (χ1) is 10.1. The van der Waals surface area contributed by atoms with E-state index in [1.54, 1.807) is 0 Å². The number of H-pyrrole nitrogens is 1. The van der Waals surface area contributed by atoms with Crippen molar-refractivity contribution in [2.24, 2.45) is 5.92 Å². The van der Waals surface area contributed by atoms with E-state index in [1.807, 2.05) is 11.4 Å². The summed E-state index contributed by atoms with van der Waals surface area (Å²) in [6.07, 6.45) is 3.28. The van der Waals surface area contributed by atoms with Gasteiger partial charge in [0.2, 0.25) is 0 Å². The Bertz CT molecular complexity index is 709. The Labute approximate surface area is 125 Å². The van der Waals surface area contributed by atoms with E-state index in [4.69, 9.17) is 5.11 Å². The number of hydrogen-bond acceptors (Lipinski definition) is 5. The summed E-state index contributed by atoms with van der Waals surface area (Å²) in [6, 6.07) is 2.00. The first-order valence-electron chi connectivity index (χ1n) is 7.06. The molecule has 7 heteroatoms. The van der Waals surface area contributed by atoms with Gasteiger partial charge in [0, 0.05) is 6.04 Å². The zero-order valence-corrected chi connectivity index (χ0v) is 12.3. The van der Waals surface area contributed by atoms with E-state index in [0.29, 0.717) is 29.0 Å². The summed E-state index contributed by atoms with van der Waals surface area (Å²) in [4.78, 5) is 30.1. The van der Waals surface area contributed by atoms with Crippen LogP contribution in [0.3, 0.4) is 0 Å². The SMILES string of the molecule is O=C(O)C1CCCC(NCc2nc3ccsc3c(=O)[nH]2)C1. The number of fused-ring (bicyclic) bond motifs is 1. The molecule has 0 bridgehead atoms. The van der Waals surface area contributed by atoms with Gasteiger partial charge in [-0.15, -0.1) is 11.3 Å². The van der Waals surface area contributed by atoms with Gasteiger partial charge in [-0.3, -0.25) is 9.59 Å². The second kappa shape index (κ2) is 5.95. The molecule has 0 radical (unpaired) electrons. The summed E-state index contributed by atoms with van der Waals surface area (Å²) >= 11 is 1.38. The van der Waals surface area contributed by atoms with Gasteiger partial charge in [0.05, 0.1) is 18.0 Å². The van der Waals surface area contributed by atoms with E-state index >= 15 is 0 Å². The molecule has 2 aromatic rings. The molecule has 2 heterocycles. The highest BCUT2D eigenvalue weighted by Crippen LogP contribution is 2.24. The highest BCUT2D eigenvalue weighted by molar-refractivity contribution is 7.17. The molecule has 2 atom stereocenters. The quantitative estimate of drug-likeness (QED) is 0.799. The van der Waals surface area contributed by atoms with Crippen LogP contribution in [0, 0.1) is 5.92 Å². The van der Waals surface area contributed by atoms with Gasteiger partial charge in [0.15, 0.2) is 0 Å². The second-order valence-corrected chi connectivity index (χ2v) is 6.34. The number of hydrogen-bond donors (Lipinski definition) is 3. The lowest BCUT2D eigenvalue weighted by Crippen LogP contribution is -2.36. The molecule has 112 valence electrons. The molecular formula is C14H17N3O3S. The summed E-state index contributed by atoms with van der Waals surface area (Å²) in [5, 5.41) is 14.3. The van der Waals surface area contributed by atoms with Crippen LogP contribution in [-0.4, -0.2) is 27.1 Å². The Morgan fingerprint density at radius 3 is 3.19 bits per heavy atom. The third-order valence-electron chi connectivity index (χ3n) is 3.95. The molecule has 6 nitrogen and oxygen atoms in total. The molecule has 2 unspecified atom stereocenters. The molecule has 3 N–H and O–H groups in total. The molecule has 1 fully saturated rings. The van der Waals surface area contributed by atoms with Crippen LogP contribution < -0.4 is 10.9 Å². The molecule has 0 aromatic carbocycles. The van der Waals surface area contributed by atoms with Crippen LogP contribution in [0.1, 0.15) is 31.5 Å². The Kier molecular flexibility index (Phi) is 4.03. The molecule has 3 rings (SSSR count). The van der Waals surface area contributed by atoms with Gasteiger partial charge in [-0.1, -0.05) is 6.42 Å². The molecule has 1 saturated carbocycles. The van der Waals surface area contributed by atoms with E-state index in [2.05, 4.69) is 15.3 Å². The Hall–Kier alpha value is -1.73.